The molecular formula is C21H17N5O2. The van der Waals surface area contributed by atoms with Gasteiger partial charge in [0.2, 0.25) is 0 Å². The summed E-state index contributed by atoms with van der Waals surface area (Å²) >= 11 is 0. The van der Waals surface area contributed by atoms with E-state index in [1.54, 1.807) is 25.3 Å². The van der Waals surface area contributed by atoms with E-state index in [2.05, 4.69) is 20.8 Å². The van der Waals surface area contributed by atoms with Crippen molar-refractivity contribution in [3.8, 4) is 22.6 Å². The van der Waals surface area contributed by atoms with E-state index in [-0.39, 0.29) is 5.91 Å². The van der Waals surface area contributed by atoms with Gasteiger partial charge in [0.05, 0.1) is 7.11 Å². The molecule has 138 valence electrons. The molecule has 0 aliphatic carbocycles. The van der Waals surface area contributed by atoms with Crippen molar-refractivity contribution in [1.82, 2.24) is 20.2 Å². The number of aromatic nitrogens is 4. The second-order valence-electron chi connectivity index (χ2n) is 6.04. The number of methoxy groups -OCH3 is 1. The number of nitrogens with one attached hydrogen (secondary N) is 1. The summed E-state index contributed by atoms with van der Waals surface area (Å²) in [5.74, 6) is 0.393. The molecule has 28 heavy (non-hydrogen) atoms. The maximum Gasteiger partial charge on any atom is 0.255 e. The molecule has 0 aliphatic heterocycles. The minimum atomic E-state index is -0.201. The molecule has 4 aromatic rings. The highest BCUT2D eigenvalue weighted by Gasteiger charge is 2.11. The molecule has 7 heteroatoms. The van der Waals surface area contributed by atoms with E-state index in [9.17, 15) is 4.79 Å². The molecule has 0 saturated heterocycles. The van der Waals surface area contributed by atoms with Crippen LogP contribution < -0.4 is 10.1 Å². The van der Waals surface area contributed by atoms with Crippen molar-refractivity contribution in [3.63, 3.8) is 0 Å². The topological polar surface area (TPSA) is 81.9 Å². The van der Waals surface area contributed by atoms with Crippen LogP contribution in [-0.2, 0) is 0 Å². The molecule has 0 atom stereocenters. The lowest BCUT2D eigenvalue weighted by Gasteiger charge is -2.11. The standard InChI is InChI=1S/C21H17N5O2/c1-28-20-12-11-18(13-19(20)26-14-22-24-25-26)23-21(27)17-9-7-16(8-10-17)15-5-3-2-4-6-15/h2-14H,1H3,(H,23,27). The Labute approximate surface area is 161 Å². The Morgan fingerprint density at radius 1 is 0.964 bits per heavy atom. The van der Waals surface area contributed by atoms with Crippen LogP contribution in [0.3, 0.4) is 0 Å². The second kappa shape index (κ2) is 7.71. The molecule has 7 nitrogen and oxygen atoms in total. The van der Waals surface area contributed by atoms with Crippen LogP contribution in [-0.4, -0.2) is 33.2 Å². The van der Waals surface area contributed by atoms with Crippen molar-refractivity contribution in [2.75, 3.05) is 12.4 Å². The number of nitrogens with zero attached hydrogens (tertiary/aromatic N) is 4. The van der Waals surface area contributed by atoms with Crippen molar-refractivity contribution >= 4 is 11.6 Å². The highest BCUT2D eigenvalue weighted by atomic mass is 16.5. The maximum absolute atomic E-state index is 12.6. The molecule has 0 bridgehead atoms. The molecule has 0 radical (unpaired) electrons. The van der Waals surface area contributed by atoms with E-state index >= 15 is 0 Å². The summed E-state index contributed by atoms with van der Waals surface area (Å²) in [4.78, 5) is 12.6. The minimum Gasteiger partial charge on any atom is -0.494 e. The zero-order valence-electron chi connectivity index (χ0n) is 15.1. The number of carbonyl (C=O) groups is 1. The Hall–Kier alpha value is -4.00. The summed E-state index contributed by atoms with van der Waals surface area (Å²) in [6, 6.07) is 22.8. The van der Waals surface area contributed by atoms with E-state index < -0.39 is 0 Å². The van der Waals surface area contributed by atoms with Crippen LogP contribution in [0.15, 0.2) is 79.1 Å². The first-order valence-electron chi connectivity index (χ1n) is 8.63. The highest BCUT2D eigenvalue weighted by molar-refractivity contribution is 6.04. The van der Waals surface area contributed by atoms with E-state index in [1.165, 1.54) is 11.0 Å². The lowest BCUT2D eigenvalue weighted by Crippen LogP contribution is -2.12. The van der Waals surface area contributed by atoms with Gasteiger partial charge in [-0.3, -0.25) is 4.79 Å². The summed E-state index contributed by atoms with van der Waals surface area (Å²) < 4.78 is 6.82. The Morgan fingerprint density at radius 3 is 2.39 bits per heavy atom. The first-order chi connectivity index (χ1) is 13.7. The SMILES string of the molecule is COc1ccc(NC(=O)c2ccc(-c3ccccc3)cc2)cc1-n1cnnn1. The van der Waals surface area contributed by atoms with Gasteiger partial charge in [-0.25, -0.2) is 0 Å². The summed E-state index contributed by atoms with van der Waals surface area (Å²) in [5, 5.41) is 14.0. The van der Waals surface area contributed by atoms with E-state index in [4.69, 9.17) is 4.74 Å². The van der Waals surface area contributed by atoms with Crippen LogP contribution in [0.25, 0.3) is 16.8 Å². The number of benzene rings is 3. The minimum absolute atomic E-state index is 0.201. The molecule has 1 heterocycles. The second-order valence-corrected chi connectivity index (χ2v) is 6.04. The third kappa shape index (κ3) is 3.59. The van der Waals surface area contributed by atoms with Crippen molar-refractivity contribution in [2.45, 2.75) is 0 Å². The molecule has 0 aliphatic rings. The molecule has 1 aromatic heterocycles. The van der Waals surface area contributed by atoms with Crippen molar-refractivity contribution in [1.29, 1.82) is 0 Å². The molecule has 0 fully saturated rings. The van der Waals surface area contributed by atoms with Gasteiger partial charge >= 0.3 is 0 Å². The lowest BCUT2D eigenvalue weighted by molar-refractivity contribution is 0.102. The van der Waals surface area contributed by atoms with Crippen molar-refractivity contribution < 1.29 is 9.53 Å². The number of ether oxygens (including phenoxy) is 1. The average Bonchev–Trinajstić information content (AvgIpc) is 3.29. The Bertz CT molecular complexity index is 1080. The quantitative estimate of drug-likeness (QED) is 0.580. The Balaban J connectivity index is 1.54. The van der Waals surface area contributed by atoms with Gasteiger partial charge < -0.3 is 10.1 Å². The van der Waals surface area contributed by atoms with E-state index in [0.717, 1.165) is 11.1 Å². The van der Waals surface area contributed by atoms with Gasteiger partial charge in [0.15, 0.2) is 0 Å². The molecule has 0 saturated carbocycles. The van der Waals surface area contributed by atoms with Crippen LogP contribution >= 0.6 is 0 Å². The van der Waals surface area contributed by atoms with Crippen molar-refractivity contribution in [3.05, 3.63) is 84.7 Å². The van der Waals surface area contributed by atoms with E-state index in [0.29, 0.717) is 22.7 Å². The van der Waals surface area contributed by atoms with Crippen LogP contribution in [0.5, 0.6) is 5.75 Å². The Kier molecular flexibility index (Phi) is 4.79. The normalized spacial score (nSPS) is 10.5. The maximum atomic E-state index is 12.6. The first-order valence-corrected chi connectivity index (χ1v) is 8.63. The van der Waals surface area contributed by atoms with Gasteiger partial charge in [0, 0.05) is 11.3 Å². The van der Waals surface area contributed by atoms with Gasteiger partial charge in [-0.1, -0.05) is 42.5 Å². The van der Waals surface area contributed by atoms with Crippen LogP contribution in [0.1, 0.15) is 10.4 Å². The number of rotatable bonds is 5. The number of hydrogen-bond donors (Lipinski definition) is 1. The molecule has 1 amide bonds. The summed E-state index contributed by atoms with van der Waals surface area (Å²) in [7, 11) is 1.57. The van der Waals surface area contributed by atoms with Crippen LogP contribution in [0.2, 0.25) is 0 Å². The van der Waals surface area contributed by atoms with Crippen molar-refractivity contribution in [2.24, 2.45) is 0 Å². The van der Waals surface area contributed by atoms with E-state index in [1.807, 2.05) is 54.6 Å². The monoisotopic (exact) mass is 371 g/mol. The van der Waals surface area contributed by atoms with Gasteiger partial charge in [-0.2, -0.15) is 4.68 Å². The molecule has 4 rings (SSSR count). The third-order valence-corrected chi connectivity index (χ3v) is 4.29. The molecule has 1 N–H and O–H groups in total. The third-order valence-electron chi connectivity index (χ3n) is 4.29. The smallest absolute Gasteiger partial charge is 0.255 e. The zero-order chi connectivity index (χ0) is 19.3. The molecular weight excluding hydrogens is 354 g/mol. The predicted molar refractivity (Wildman–Crippen MR) is 106 cm³/mol. The number of hydrogen-bond acceptors (Lipinski definition) is 5. The summed E-state index contributed by atoms with van der Waals surface area (Å²) in [5.41, 5.74) is 3.98. The molecule has 3 aromatic carbocycles. The van der Waals surface area contributed by atoms with Gasteiger partial charge in [0.1, 0.15) is 17.8 Å². The zero-order valence-corrected chi connectivity index (χ0v) is 15.1. The summed E-state index contributed by atoms with van der Waals surface area (Å²) in [6.07, 6.45) is 1.46. The molecule has 0 unspecified atom stereocenters. The fourth-order valence-corrected chi connectivity index (χ4v) is 2.87. The lowest BCUT2D eigenvalue weighted by atomic mass is 10.0. The highest BCUT2D eigenvalue weighted by Crippen LogP contribution is 2.26. The largest absolute Gasteiger partial charge is 0.494 e. The van der Waals surface area contributed by atoms with Gasteiger partial charge in [-0.05, 0) is 51.9 Å². The average molecular weight is 371 g/mol. The van der Waals surface area contributed by atoms with Gasteiger partial charge in [-0.15, -0.1) is 5.10 Å². The number of amides is 1. The number of anilines is 1. The fourth-order valence-electron chi connectivity index (χ4n) is 2.87. The number of tetrazole rings is 1. The predicted octanol–water partition coefficient (Wildman–Crippen LogP) is 3.59. The van der Waals surface area contributed by atoms with Crippen LogP contribution in [0.4, 0.5) is 5.69 Å². The number of carbonyl (C=O) groups excluding carboxylic acids is 1. The summed E-state index contributed by atoms with van der Waals surface area (Å²) in [6.45, 7) is 0. The first kappa shape index (κ1) is 17.4. The van der Waals surface area contributed by atoms with Gasteiger partial charge in [0.25, 0.3) is 5.91 Å². The fraction of sp³-hybridized carbons (Fsp3) is 0.0476. The van der Waals surface area contributed by atoms with Crippen LogP contribution in [0, 0.1) is 0 Å². The Morgan fingerprint density at radius 2 is 1.71 bits per heavy atom. The molecule has 0 spiro atoms.